The fourth-order valence-electron chi connectivity index (χ4n) is 1.58. The molecule has 0 fully saturated rings. The van der Waals surface area contributed by atoms with Crippen LogP contribution in [0.5, 0.6) is 0 Å². The van der Waals surface area contributed by atoms with Crippen LogP contribution < -0.4 is 10.6 Å². The van der Waals surface area contributed by atoms with Gasteiger partial charge in [0.05, 0.1) is 12.6 Å². The second-order valence-electron chi connectivity index (χ2n) is 4.74. The Hall–Kier alpha value is -0.940. The Labute approximate surface area is 104 Å². The van der Waals surface area contributed by atoms with Crippen molar-refractivity contribution in [1.29, 1.82) is 0 Å². The number of hydrogen-bond donors (Lipinski definition) is 2. The van der Waals surface area contributed by atoms with E-state index in [4.69, 9.17) is 0 Å². The molecule has 0 heterocycles. The first kappa shape index (κ1) is 16.1. The van der Waals surface area contributed by atoms with Gasteiger partial charge in [-0.05, 0) is 26.9 Å². The van der Waals surface area contributed by atoms with Crippen LogP contribution in [0.15, 0.2) is 0 Å². The molecule has 0 aliphatic rings. The smallest absolute Gasteiger partial charge is 0.234 e. The van der Waals surface area contributed by atoms with Gasteiger partial charge in [-0.2, -0.15) is 0 Å². The Morgan fingerprint density at radius 2 is 1.88 bits per heavy atom. The van der Waals surface area contributed by atoms with E-state index in [0.29, 0.717) is 6.54 Å². The highest BCUT2D eigenvalue weighted by atomic mass is 16.2. The molecule has 17 heavy (non-hydrogen) atoms. The number of nitrogens with one attached hydrogen (secondary N) is 2. The molecule has 0 aromatic rings. The highest BCUT2D eigenvalue weighted by Crippen LogP contribution is 2.02. The number of Topliss-reactive ketones (excluding diaryl/α,β-unsaturated/α-hetero) is 1. The summed E-state index contributed by atoms with van der Waals surface area (Å²) in [6.45, 7) is 7.32. The molecule has 0 saturated carbocycles. The first-order chi connectivity index (χ1) is 7.88. The average molecular weight is 243 g/mol. The zero-order chi connectivity index (χ0) is 13.4. The van der Waals surface area contributed by atoms with Crippen molar-refractivity contribution in [3.63, 3.8) is 0 Å². The van der Waals surface area contributed by atoms with Gasteiger partial charge >= 0.3 is 0 Å². The van der Waals surface area contributed by atoms with Gasteiger partial charge in [-0.15, -0.1) is 0 Å². The molecule has 0 saturated heterocycles. The van der Waals surface area contributed by atoms with Crippen LogP contribution in [-0.2, 0) is 9.59 Å². The van der Waals surface area contributed by atoms with Gasteiger partial charge in [0.15, 0.2) is 5.78 Å². The molecule has 0 spiro atoms. The Morgan fingerprint density at radius 1 is 1.29 bits per heavy atom. The van der Waals surface area contributed by atoms with Crippen molar-refractivity contribution in [2.45, 2.75) is 26.8 Å². The zero-order valence-corrected chi connectivity index (χ0v) is 11.5. The number of amides is 1. The van der Waals surface area contributed by atoms with Gasteiger partial charge in [-0.1, -0.05) is 13.8 Å². The number of hydrogen-bond acceptors (Lipinski definition) is 4. The summed E-state index contributed by atoms with van der Waals surface area (Å²) >= 11 is 0. The van der Waals surface area contributed by atoms with Crippen molar-refractivity contribution in [1.82, 2.24) is 15.5 Å². The predicted octanol–water partition coefficient (Wildman–Crippen LogP) is -0.133. The van der Waals surface area contributed by atoms with Crippen LogP contribution in [0.1, 0.15) is 20.8 Å². The molecule has 1 atom stereocenters. The van der Waals surface area contributed by atoms with Crippen LogP contribution in [0.25, 0.3) is 0 Å². The summed E-state index contributed by atoms with van der Waals surface area (Å²) in [6.07, 6.45) is 0. The molecule has 0 aliphatic heterocycles. The molecular formula is C12H25N3O2. The number of carbonyl (C=O) groups excluding carboxylic acids is 2. The van der Waals surface area contributed by atoms with E-state index in [9.17, 15) is 9.59 Å². The summed E-state index contributed by atoms with van der Waals surface area (Å²) < 4.78 is 0. The average Bonchev–Trinajstić information content (AvgIpc) is 2.22. The Balaban J connectivity index is 4.10. The molecule has 0 aromatic heterocycles. The largest absolute Gasteiger partial charge is 0.345 e. The lowest BCUT2D eigenvalue weighted by Gasteiger charge is -2.22. The number of rotatable bonds is 8. The van der Waals surface area contributed by atoms with E-state index in [1.807, 2.05) is 32.8 Å². The molecule has 0 bridgehead atoms. The molecule has 0 radical (unpaired) electrons. The molecular weight excluding hydrogens is 218 g/mol. The van der Waals surface area contributed by atoms with E-state index in [0.717, 1.165) is 13.1 Å². The van der Waals surface area contributed by atoms with E-state index in [1.54, 1.807) is 0 Å². The second-order valence-corrected chi connectivity index (χ2v) is 4.74. The first-order valence-electron chi connectivity index (χ1n) is 6.01. The standard InChI is InChI=1S/C12H25N3O2/c1-9(2)12(10(3)16)14-11(17)8-15(5)7-6-13-4/h9,12-13H,6-8H2,1-5H3,(H,14,17). The fraction of sp³-hybridized carbons (Fsp3) is 0.833. The van der Waals surface area contributed by atoms with Gasteiger partial charge in [0.1, 0.15) is 0 Å². The Bertz CT molecular complexity index is 254. The molecule has 5 nitrogen and oxygen atoms in total. The molecule has 1 unspecified atom stereocenters. The number of likely N-dealkylation sites (N-methyl/N-ethyl adjacent to an activating group) is 2. The van der Waals surface area contributed by atoms with Gasteiger partial charge in [0, 0.05) is 13.1 Å². The third kappa shape index (κ3) is 7.07. The second kappa shape index (κ2) is 8.20. The van der Waals surface area contributed by atoms with Gasteiger partial charge < -0.3 is 10.6 Å². The first-order valence-corrected chi connectivity index (χ1v) is 6.01. The summed E-state index contributed by atoms with van der Waals surface area (Å²) in [5, 5.41) is 5.79. The lowest BCUT2D eigenvalue weighted by Crippen LogP contribution is -2.47. The predicted molar refractivity (Wildman–Crippen MR) is 68.9 cm³/mol. The number of carbonyl (C=O) groups is 2. The zero-order valence-electron chi connectivity index (χ0n) is 11.5. The molecule has 100 valence electrons. The lowest BCUT2D eigenvalue weighted by molar-refractivity contribution is -0.128. The highest BCUT2D eigenvalue weighted by molar-refractivity contribution is 5.88. The summed E-state index contributed by atoms with van der Waals surface area (Å²) in [5.74, 6) is 0.0304. The quantitative estimate of drug-likeness (QED) is 0.623. The summed E-state index contributed by atoms with van der Waals surface area (Å²) in [4.78, 5) is 25.0. The van der Waals surface area contributed by atoms with E-state index in [-0.39, 0.29) is 23.7 Å². The van der Waals surface area contributed by atoms with Crippen molar-refractivity contribution in [3.05, 3.63) is 0 Å². The van der Waals surface area contributed by atoms with E-state index < -0.39 is 0 Å². The molecule has 2 N–H and O–H groups in total. The van der Waals surface area contributed by atoms with E-state index in [2.05, 4.69) is 10.6 Å². The maximum absolute atomic E-state index is 11.7. The van der Waals surface area contributed by atoms with Crippen LogP contribution in [0.2, 0.25) is 0 Å². The van der Waals surface area contributed by atoms with Crippen molar-refractivity contribution in [3.8, 4) is 0 Å². The van der Waals surface area contributed by atoms with Crippen LogP contribution in [0, 0.1) is 5.92 Å². The van der Waals surface area contributed by atoms with Crippen LogP contribution in [0.4, 0.5) is 0 Å². The third-order valence-corrected chi connectivity index (χ3v) is 2.58. The van der Waals surface area contributed by atoms with Crippen molar-refractivity contribution < 1.29 is 9.59 Å². The highest BCUT2D eigenvalue weighted by Gasteiger charge is 2.20. The van der Waals surface area contributed by atoms with Gasteiger partial charge in [0.25, 0.3) is 0 Å². The topological polar surface area (TPSA) is 61.4 Å². The van der Waals surface area contributed by atoms with Gasteiger partial charge in [-0.25, -0.2) is 0 Å². The van der Waals surface area contributed by atoms with E-state index in [1.165, 1.54) is 6.92 Å². The van der Waals surface area contributed by atoms with Crippen molar-refractivity contribution in [2.75, 3.05) is 33.7 Å². The normalized spacial score (nSPS) is 12.9. The van der Waals surface area contributed by atoms with Crippen LogP contribution in [0.3, 0.4) is 0 Å². The molecule has 0 aromatic carbocycles. The maximum atomic E-state index is 11.7. The van der Waals surface area contributed by atoms with Crippen molar-refractivity contribution >= 4 is 11.7 Å². The summed E-state index contributed by atoms with van der Waals surface area (Å²) in [5.41, 5.74) is 0. The monoisotopic (exact) mass is 243 g/mol. The minimum Gasteiger partial charge on any atom is -0.345 e. The lowest BCUT2D eigenvalue weighted by atomic mass is 10.0. The van der Waals surface area contributed by atoms with Crippen LogP contribution >= 0.6 is 0 Å². The molecule has 5 heteroatoms. The maximum Gasteiger partial charge on any atom is 0.234 e. The minimum absolute atomic E-state index is 0.00577. The van der Waals surface area contributed by atoms with Gasteiger partial charge in [0.2, 0.25) is 5.91 Å². The van der Waals surface area contributed by atoms with Crippen molar-refractivity contribution in [2.24, 2.45) is 5.92 Å². The summed E-state index contributed by atoms with van der Waals surface area (Å²) in [7, 11) is 3.76. The van der Waals surface area contributed by atoms with E-state index >= 15 is 0 Å². The number of ketones is 1. The third-order valence-electron chi connectivity index (χ3n) is 2.58. The van der Waals surface area contributed by atoms with Gasteiger partial charge in [-0.3, -0.25) is 14.5 Å². The summed E-state index contributed by atoms with van der Waals surface area (Å²) in [6, 6.07) is -0.375. The Kier molecular flexibility index (Phi) is 7.74. The Morgan fingerprint density at radius 3 is 2.29 bits per heavy atom. The minimum atomic E-state index is -0.375. The van der Waals surface area contributed by atoms with Crippen LogP contribution in [-0.4, -0.2) is 56.4 Å². The molecule has 0 aliphatic carbocycles. The fourth-order valence-corrected chi connectivity index (χ4v) is 1.58. The molecule has 0 rings (SSSR count). The molecule has 1 amide bonds. The SMILES string of the molecule is CNCCN(C)CC(=O)NC(C(C)=O)C(C)C. The number of nitrogens with zero attached hydrogens (tertiary/aromatic N) is 1.